The number of amides is 2. The Balaban J connectivity index is 1.33. The maximum Gasteiger partial charge on any atom is 0.329 e. The Kier molecular flexibility index (Phi) is 6.26. The predicted molar refractivity (Wildman–Crippen MR) is 151 cm³/mol. The maximum absolute atomic E-state index is 13.3. The van der Waals surface area contributed by atoms with Crippen LogP contribution in [0.5, 0.6) is 0 Å². The SMILES string of the molecule is Cc1ccccc1S(=O)(=O)NC(=O)NC1(c2nccn2-c2ccc(-c3cnn(C)c3)cc2)C[C@@H]1c1ccccc1. The van der Waals surface area contributed by atoms with E-state index in [-0.39, 0.29) is 10.8 Å². The summed E-state index contributed by atoms with van der Waals surface area (Å²) in [7, 11) is -2.20. The molecule has 9 nitrogen and oxygen atoms in total. The fraction of sp³-hybridized carbons (Fsp3) is 0.167. The number of carbonyl (C=O) groups is 1. The summed E-state index contributed by atoms with van der Waals surface area (Å²) in [5.41, 5.74) is 3.59. The summed E-state index contributed by atoms with van der Waals surface area (Å²) >= 11 is 0. The molecule has 202 valence electrons. The monoisotopic (exact) mass is 552 g/mol. The lowest BCUT2D eigenvalue weighted by atomic mass is 10.0. The summed E-state index contributed by atoms with van der Waals surface area (Å²) in [4.78, 5) is 18.0. The van der Waals surface area contributed by atoms with Gasteiger partial charge in [0.05, 0.1) is 11.1 Å². The molecule has 1 saturated carbocycles. The molecule has 6 rings (SSSR count). The minimum absolute atomic E-state index is 0.0600. The van der Waals surface area contributed by atoms with Crippen molar-refractivity contribution in [2.45, 2.75) is 29.7 Å². The normalized spacial score (nSPS) is 18.3. The number of hydrogen-bond acceptors (Lipinski definition) is 5. The number of sulfonamides is 1. The summed E-state index contributed by atoms with van der Waals surface area (Å²) in [5, 5.41) is 7.24. The second-order valence-corrected chi connectivity index (χ2v) is 11.7. The van der Waals surface area contributed by atoms with Crippen molar-refractivity contribution < 1.29 is 13.2 Å². The molecule has 2 amide bonds. The first kappa shape index (κ1) is 25.6. The van der Waals surface area contributed by atoms with Crippen molar-refractivity contribution in [2.24, 2.45) is 7.05 Å². The number of nitrogens with one attached hydrogen (secondary N) is 2. The molecule has 40 heavy (non-hydrogen) atoms. The molecule has 1 aliphatic carbocycles. The smallest absolute Gasteiger partial charge is 0.324 e. The summed E-state index contributed by atoms with van der Waals surface area (Å²) in [6.07, 6.45) is 7.87. The zero-order valence-electron chi connectivity index (χ0n) is 22.0. The van der Waals surface area contributed by atoms with Gasteiger partial charge < -0.3 is 9.88 Å². The zero-order valence-corrected chi connectivity index (χ0v) is 22.8. The zero-order chi connectivity index (χ0) is 27.9. The van der Waals surface area contributed by atoms with Gasteiger partial charge >= 0.3 is 6.03 Å². The van der Waals surface area contributed by atoms with Gasteiger partial charge in [-0.05, 0) is 48.2 Å². The highest BCUT2D eigenvalue weighted by molar-refractivity contribution is 7.90. The van der Waals surface area contributed by atoms with Crippen LogP contribution in [-0.4, -0.2) is 33.8 Å². The van der Waals surface area contributed by atoms with Gasteiger partial charge in [-0.3, -0.25) is 4.68 Å². The maximum atomic E-state index is 13.3. The van der Waals surface area contributed by atoms with Crippen molar-refractivity contribution in [2.75, 3.05) is 0 Å². The van der Waals surface area contributed by atoms with Gasteiger partial charge in [0.1, 0.15) is 11.4 Å². The Morgan fingerprint density at radius 1 is 0.975 bits per heavy atom. The molecule has 5 aromatic rings. The van der Waals surface area contributed by atoms with Crippen LogP contribution in [-0.2, 0) is 22.6 Å². The van der Waals surface area contributed by atoms with Gasteiger partial charge in [-0.15, -0.1) is 0 Å². The molecule has 0 saturated heterocycles. The van der Waals surface area contributed by atoms with Gasteiger partial charge in [0, 0.05) is 42.8 Å². The number of aryl methyl sites for hydroxylation is 2. The second kappa shape index (κ2) is 9.80. The molecular weight excluding hydrogens is 524 g/mol. The highest BCUT2D eigenvalue weighted by Gasteiger charge is 2.60. The van der Waals surface area contributed by atoms with Gasteiger partial charge in [-0.2, -0.15) is 5.10 Å². The Morgan fingerprint density at radius 2 is 1.70 bits per heavy atom. The standard InChI is InChI=1S/C30H28N6O3S/c1-21-8-6-7-11-27(21)40(38,39)34-29(37)33-30(18-26(30)23-9-4-3-5-10-23)28-31-16-17-36(28)25-14-12-22(13-15-25)24-19-32-35(2)20-24/h3-17,19-20,26H,18H2,1-2H3,(H2,33,34,37)/t26-,30?/m1/s1. The highest BCUT2D eigenvalue weighted by atomic mass is 32.2. The number of urea groups is 1. The molecule has 10 heteroatoms. The van der Waals surface area contributed by atoms with E-state index in [1.807, 2.05) is 84.8 Å². The Labute approximate surface area is 232 Å². The van der Waals surface area contributed by atoms with Crippen molar-refractivity contribution in [3.8, 4) is 16.8 Å². The van der Waals surface area contributed by atoms with E-state index in [0.717, 1.165) is 22.4 Å². The Bertz CT molecular complexity index is 1790. The lowest BCUT2D eigenvalue weighted by Gasteiger charge is -2.22. The molecule has 3 aromatic carbocycles. The largest absolute Gasteiger partial charge is 0.329 e. The van der Waals surface area contributed by atoms with Gasteiger partial charge in [-0.1, -0.05) is 60.7 Å². The van der Waals surface area contributed by atoms with Gasteiger partial charge in [-0.25, -0.2) is 22.9 Å². The minimum atomic E-state index is -4.07. The second-order valence-electron chi connectivity index (χ2n) is 10.0. The van der Waals surface area contributed by atoms with E-state index in [9.17, 15) is 13.2 Å². The van der Waals surface area contributed by atoms with E-state index in [2.05, 4.69) is 20.1 Å². The van der Waals surface area contributed by atoms with Crippen LogP contribution in [0.25, 0.3) is 16.8 Å². The quantitative estimate of drug-likeness (QED) is 0.305. The Hall–Kier alpha value is -4.70. The first-order valence-corrected chi connectivity index (χ1v) is 14.3. The number of rotatable bonds is 7. The average molecular weight is 553 g/mol. The first-order valence-electron chi connectivity index (χ1n) is 12.9. The third-order valence-corrected chi connectivity index (χ3v) is 8.82. The van der Waals surface area contributed by atoms with Crippen molar-refractivity contribution in [1.82, 2.24) is 29.4 Å². The lowest BCUT2D eigenvalue weighted by molar-refractivity contribution is 0.239. The van der Waals surface area contributed by atoms with E-state index in [1.54, 1.807) is 36.0 Å². The van der Waals surface area contributed by atoms with E-state index in [1.165, 1.54) is 6.07 Å². The molecule has 2 N–H and O–H groups in total. The van der Waals surface area contributed by atoms with Gasteiger partial charge in [0.2, 0.25) is 0 Å². The number of nitrogens with zero attached hydrogens (tertiary/aromatic N) is 4. The van der Waals surface area contributed by atoms with Crippen molar-refractivity contribution in [3.63, 3.8) is 0 Å². The van der Waals surface area contributed by atoms with E-state index in [0.29, 0.717) is 17.8 Å². The molecule has 2 heterocycles. The van der Waals surface area contributed by atoms with Crippen LogP contribution >= 0.6 is 0 Å². The summed E-state index contributed by atoms with van der Waals surface area (Å²) in [6.45, 7) is 1.69. The molecule has 0 radical (unpaired) electrons. The van der Waals surface area contributed by atoms with Crippen LogP contribution in [0.1, 0.15) is 29.3 Å². The average Bonchev–Trinajstić information content (AvgIpc) is 3.25. The van der Waals surface area contributed by atoms with Gasteiger partial charge in [0.15, 0.2) is 0 Å². The van der Waals surface area contributed by atoms with Gasteiger partial charge in [0.25, 0.3) is 10.0 Å². The lowest BCUT2D eigenvalue weighted by Crippen LogP contribution is -2.46. The van der Waals surface area contributed by atoms with Crippen LogP contribution < -0.4 is 10.0 Å². The molecule has 2 aromatic heterocycles. The number of imidazole rings is 1. The number of carbonyl (C=O) groups excluding carboxylic acids is 1. The third-order valence-electron chi connectivity index (χ3n) is 7.33. The van der Waals surface area contributed by atoms with Crippen LogP contribution in [0, 0.1) is 6.92 Å². The molecule has 1 aliphatic rings. The number of benzene rings is 3. The topological polar surface area (TPSA) is 111 Å². The Morgan fingerprint density at radius 3 is 2.40 bits per heavy atom. The molecule has 0 spiro atoms. The summed E-state index contributed by atoms with van der Waals surface area (Å²) in [5.74, 6) is 0.537. The molecule has 1 unspecified atom stereocenters. The van der Waals surface area contributed by atoms with E-state index in [4.69, 9.17) is 0 Å². The van der Waals surface area contributed by atoms with E-state index >= 15 is 0 Å². The van der Waals surface area contributed by atoms with Crippen LogP contribution in [0.2, 0.25) is 0 Å². The summed E-state index contributed by atoms with van der Waals surface area (Å²) in [6, 6.07) is 23.6. The van der Waals surface area contributed by atoms with Crippen molar-refractivity contribution >= 4 is 16.1 Å². The first-order chi connectivity index (χ1) is 19.3. The molecular formula is C30H28N6O3S. The van der Waals surface area contributed by atoms with Crippen LogP contribution in [0.3, 0.4) is 0 Å². The number of aromatic nitrogens is 4. The third kappa shape index (κ3) is 4.66. The van der Waals surface area contributed by atoms with Crippen LogP contribution in [0.15, 0.2) is 109 Å². The fourth-order valence-electron chi connectivity index (χ4n) is 5.28. The van der Waals surface area contributed by atoms with Crippen molar-refractivity contribution in [1.29, 1.82) is 0 Å². The summed E-state index contributed by atoms with van der Waals surface area (Å²) < 4.78 is 32.0. The predicted octanol–water partition coefficient (Wildman–Crippen LogP) is 4.65. The highest BCUT2D eigenvalue weighted by Crippen LogP contribution is 2.58. The minimum Gasteiger partial charge on any atom is -0.324 e. The molecule has 0 aliphatic heterocycles. The molecule has 2 atom stereocenters. The number of hydrogen-bond donors (Lipinski definition) is 2. The van der Waals surface area contributed by atoms with E-state index < -0.39 is 21.6 Å². The van der Waals surface area contributed by atoms with Crippen molar-refractivity contribution in [3.05, 3.63) is 121 Å². The van der Waals surface area contributed by atoms with Crippen LogP contribution in [0.4, 0.5) is 4.79 Å². The molecule has 0 bridgehead atoms. The fourth-order valence-corrected chi connectivity index (χ4v) is 6.44. The molecule has 1 fully saturated rings.